The number of carbonyl (C=O) groups excluding carboxylic acids is 1. The highest BCUT2D eigenvalue weighted by atomic mass is 32.2. The number of rotatable bonds is 8. The van der Waals surface area contributed by atoms with E-state index in [4.69, 9.17) is 4.74 Å². The molecule has 0 radical (unpaired) electrons. The van der Waals surface area contributed by atoms with Gasteiger partial charge < -0.3 is 9.30 Å². The number of piperidine rings is 1. The van der Waals surface area contributed by atoms with Crippen LogP contribution < -0.4 is 4.80 Å². The molecule has 7 nitrogen and oxygen atoms in total. The molecule has 1 atom stereocenters. The Labute approximate surface area is 214 Å². The molecule has 35 heavy (non-hydrogen) atoms. The SMILES string of the molecule is CCOCCn1c(=NC(=O)C2CCCN(S(=O)(=O)c3ccc(C)cc3)C2)sc2cc(SC)ccc21. The molecule has 1 aliphatic rings. The van der Waals surface area contributed by atoms with E-state index in [1.54, 1.807) is 36.0 Å². The molecule has 3 aromatic rings. The number of sulfonamides is 1. The summed E-state index contributed by atoms with van der Waals surface area (Å²) in [7, 11) is -3.65. The zero-order valence-corrected chi connectivity index (χ0v) is 22.7. The van der Waals surface area contributed by atoms with Gasteiger partial charge in [-0.25, -0.2) is 8.42 Å². The van der Waals surface area contributed by atoms with Gasteiger partial charge in [0, 0.05) is 31.1 Å². The van der Waals surface area contributed by atoms with Gasteiger partial charge in [-0.15, -0.1) is 11.8 Å². The molecule has 2 heterocycles. The molecule has 1 aliphatic heterocycles. The van der Waals surface area contributed by atoms with Gasteiger partial charge in [-0.2, -0.15) is 9.30 Å². The van der Waals surface area contributed by atoms with Crippen LogP contribution in [0, 0.1) is 12.8 Å². The van der Waals surface area contributed by atoms with Crippen LogP contribution in [-0.2, 0) is 26.1 Å². The maximum absolute atomic E-state index is 13.3. The summed E-state index contributed by atoms with van der Waals surface area (Å²) in [4.78, 5) is 19.8. The smallest absolute Gasteiger partial charge is 0.252 e. The third-order valence-electron chi connectivity index (χ3n) is 6.15. The molecule has 188 valence electrons. The van der Waals surface area contributed by atoms with Crippen molar-refractivity contribution in [2.45, 2.75) is 43.0 Å². The van der Waals surface area contributed by atoms with E-state index >= 15 is 0 Å². The van der Waals surface area contributed by atoms with Crippen LogP contribution in [0.4, 0.5) is 0 Å². The molecule has 0 N–H and O–H groups in total. The minimum Gasteiger partial charge on any atom is -0.380 e. The number of hydrogen-bond donors (Lipinski definition) is 0. The zero-order chi connectivity index (χ0) is 25.0. The van der Waals surface area contributed by atoms with Crippen molar-refractivity contribution in [3.05, 3.63) is 52.8 Å². The monoisotopic (exact) mass is 533 g/mol. The second kappa shape index (κ2) is 11.4. The highest BCUT2D eigenvalue weighted by molar-refractivity contribution is 7.98. The largest absolute Gasteiger partial charge is 0.380 e. The molecular weight excluding hydrogens is 502 g/mol. The number of aryl methyl sites for hydroxylation is 1. The molecule has 1 amide bonds. The Morgan fingerprint density at radius 3 is 2.71 bits per heavy atom. The average Bonchev–Trinajstić information content (AvgIpc) is 3.20. The van der Waals surface area contributed by atoms with Gasteiger partial charge in [-0.1, -0.05) is 29.0 Å². The van der Waals surface area contributed by atoms with Crippen LogP contribution in [0.2, 0.25) is 0 Å². The second-order valence-electron chi connectivity index (χ2n) is 8.53. The van der Waals surface area contributed by atoms with Gasteiger partial charge in [-0.05, 0) is 63.3 Å². The van der Waals surface area contributed by atoms with Crippen LogP contribution in [-0.4, -0.2) is 55.8 Å². The molecule has 1 saturated heterocycles. The standard InChI is InChI=1S/C25H31N3O4S3/c1-4-32-15-14-28-22-12-9-20(33-3)16-23(22)34-25(28)26-24(29)19-6-5-13-27(17-19)35(30,31)21-10-7-18(2)8-11-21/h7-12,16,19H,4-6,13-15,17H2,1-3H3. The lowest BCUT2D eigenvalue weighted by molar-refractivity contribution is -0.122. The number of carbonyl (C=O) groups is 1. The highest BCUT2D eigenvalue weighted by Gasteiger charge is 2.33. The highest BCUT2D eigenvalue weighted by Crippen LogP contribution is 2.26. The van der Waals surface area contributed by atoms with Crippen LogP contribution in [0.5, 0.6) is 0 Å². The first kappa shape index (κ1) is 26.1. The van der Waals surface area contributed by atoms with Crippen LogP contribution in [0.15, 0.2) is 57.2 Å². The van der Waals surface area contributed by atoms with E-state index < -0.39 is 15.9 Å². The molecule has 1 aromatic heterocycles. The van der Waals surface area contributed by atoms with E-state index in [-0.39, 0.29) is 17.3 Å². The predicted octanol–water partition coefficient (Wildman–Crippen LogP) is 4.30. The van der Waals surface area contributed by atoms with Crippen LogP contribution >= 0.6 is 23.1 Å². The second-order valence-corrected chi connectivity index (χ2v) is 12.4. The lowest BCUT2D eigenvalue weighted by Crippen LogP contribution is -2.42. The van der Waals surface area contributed by atoms with Crippen molar-refractivity contribution >= 4 is 49.2 Å². The summed E-state index contributed by atoms with van der Waals surface area (Å²) in [5.41, 5.74) is 2.02. The fourth-order valence-electron chi connectivity index (χ4n) is 4.19. The third-order valence-corrected chi connectivity index (χ3v) is 9.80. The Balaban J connectivity index is 1.61. The van der Waals surface area contributed by atoms with Crippen molar-refractivity contribution in [2.75, 3.05) is 32.6 Å². The van der Waals surface area contributed by atoms with Gasteiger partial charge in [0.05, 0.1) is 27.6 Å². The van der Waals surface area contributed by atoms with E-state index in [1.807, 2.05) is 24.7 Å². The number of thiazole rings is 1. The van der Waals surface area contributed by atoms with Crippen molar-refractivity contribution in [2.24, 2.45) is 10.9 Å². The Morgan fingerprint density at radius 2 is 2.00 bits per heavy atom. The number of amides is 1. The topological polar surface area (TPSA) is 81.0 Å². The third kappa shape index (κ3) is 5.89. The Bertz CT molecular complexity index is 1360. The van der Waals surface area contributed by atoms with Crippen molar-refractivity contribution in [3.8, 4) is 0 Å². The molecule has 0 bridgehead atoms. The van der Waals surface area contributed by atoms with Gasteiger partial charge in [0.1, 0.15) is 0 Å². The fraction of sp³-hybridized carbons (Fsp3) is 0.440. The number of nitrogens with zero attached hydrogens (tertiary/aromatic N) is 3. The molecule has 1 fully saturated rings. The molecule has 4 rings (SSSR count). The molecule has 0 saturated carbocycles. The first-order valence-electron chi connectivity index (χ1n) is 11.7. The summed E-state index contributed by atoms with van der Waals surface area (Å²) < 4.78 is 36.4. The molecule has 0 spiro atoms. The van der Waals surface area contributed by atoms with Crippen molar-refractivity contribution in [1.29, 1.82) is 0 Å². The molecule has 0 aliphatic carbocycles. The number of thioether (sulfide) groups is 1. The maximum Gasteiger partial charge on any atom is 0.252 e. The number of fused-ring (bicyclic) bond motifs is 1. The van der Waals surface area contributed by atoms with E-state index in [2.05, 4.69) is 23.2 Å². The van der Waals surface area contributed by atoms with Crippen LogP contribution in [0.1, 0.15) is 25.3 Å². The van der Waals surface area contributed by atoms with Gasteiger partial charge in [0.25, 0.3) is 5.91 Å². The van der Waals surface area contributed by atoms with Crippen molar-refractivity contribution < 1.29 is 17.9 Å². The lowest BCUT2D eigenvalue weighted by atomic mass is 9.99. The van der Waals surface area contributed by atoms with E-state index in [0.29, 0.717) is 43.9 Å². The first-order valence-corrected chi connectivity index (χ1v) is 15.2. The molecule has 1 unspecified atom stereocenters. The van der Waals surface area contributed by atoms with E-state index in [1.165, 1.54) is 15.6 Å². The Hall–Kier alpha value is -1.98. The fourth-order valence-corrected chi connectivity index (χ4v) is 7.33. The van der Waals surface area contributed by atoms with E-state index in [9.17, 15) is 13.2 Å². The van der Waals surface area contributed by atoms with Crippen LogP contribution in [0.3, 0.4) is 0 Å². The quantitative estimate of drug-likeness (QED) is 0.319. The summed E-state index contributed by atoms with van der Waals surface area (Å²) in [6, 6.07) is 13.1. The normalized spacial score (nSPS) is 17.8. The van der Waals surface area contributed by atoms with Gasteiger partial charge in [0.15, 0.2) is 4.80 Å². The Kier molecular flexibility index (Phi) is 8.49. The minimum absolute atomic E-state index is 0.152. The van der Waals surface area contributed by atoms with Crippen LogP contribution in [0.25, 0.3) is 10.2 Å². The maximum atomic E-state index is 13.3. The number of hydrogen-bond acceptors (Lipinski definition) is 6. The first-order chi connectivity index (χ1) is 16.8. The number of aromatic nitrogens is 1. The number of ether oxygens (including phenoxy) is 1. The van der Waals surface area contributed by atoms with Gasteiger partial charge in [0.2, 0.25) is 10.0 Å². The molecular formula is C25H31N3O4S3. The van der Waals surface area contributed by atoms with Crippen molar-refractivity contribution in [1.82, 2.24) is 8.87 Å². The summed E-state index contributed by atoms with van der Waals surface area (Å²) in [5.74, 6) is -0.730. The summed E-state index contributed by atoms with van der Waals surface area (Å²) >= 11 is 3.15. The summed E-state index contributed by atoms with van der Waals surface area (Å²) in [5, 5.41) is 0. The van der Waals surface area contributed by atoms with E-state index in [0.717, 1.165) is 20.7 Å². The lowest BCUT2D eigenvalue weighted by Gasteiger charge is -2.30. The number of benzene rings is 2. The predicted molar refractivity (Wildman–Crippen MR) is 141 cm³/mol. The zero-order valence-electron chi connectivity index (χ0n) is 20.3. The minimum atomic E-state index is -3.65. The Morgan fingerprint density at radius 1 is 1.23 bits per heavy atom. The van der Waals surface area contributed by atoms with Gasteiger partial charge >= 0.3 is 0 Å². The molecule has 10 heteroatoms. The van der Waals surface area contributed by atoms with Gasteiger partial charge in [-0.3, -0.25) is 4.79 Å². The average molecular weight is 534 g/mol. The summed E-state index contributed by atoms with van der Waals surface area (Å²) in [6.07, 6.45) is 3.29. The summed E-state index contributed by atoms with van der Waals surface area (Å²) in [6.45, 7) is 6.18. The molecule has 2 aromatic carbocycles. The van der Waals surface area contributed by atoms with Crippen molar-refractivity contribution in [3.63, 3.8) is 0 Å².